The van der Waals surface area contributed by atoms with Gasteiger partial charge in [0.25, 0.3) is 0 Å². The molecule has 0 aromatic carbocycles. The van der Waals surface area contributed by atoms with Gasteiger partial charge in [0.05, 0.1) is 11.6 Å². The maximum atomic E-state index is 6.99. The second kappa shape index (κ2) is 1.79. The van der Waals surface area contributed by atoms with Gasteiger partial charge >= 0.3 is 0 Å². The van der Waals surface area contributed by atoms with E-state index in [9.17, 15) is 0 Å². The highest BCUT2D eigenvalue weighted by atomic mass is 32.2. The Morgan fingerprint density at radius 1 is 1.86 bits per heavy atom. The topological polar surface area (TPSA) is 35.9 Å². The Hall–Kier alpha value is -0.0900. The molecule has 0 bridgehead atoms. The molecule has 2 nitrogen and oxygen atoms in total. The van der Waals surface area contributed by atoms with Crippen LogP contribution >= 0.6 is 24.0 Å². The van der Waals surface area contributed by atoms with Gasteiger partial charge in [-0.1, -0.05) is 12.2 Å². The summed E-state index contributed by atoms with van der Waals surface area (Å²) in [5, 5.41) is 10.4. The average Bonchev–Trinajstić information content (AvgIpc) is 1.87. The minimum Gasteiger partial charge on any atom is -0.364 e. The monoisotopic (exact) mass is 132 g/mol. The van der Waals surface area contributed by atoms with Gasteiger partial charge in [-0.25, -0.2) is 0 Å². The van der Waals surface area contributed by atoms with Crippen molar-refractivity contribution in [1.82, 2.24) is 5.32 Å². The van der Waals surface area contributed by atoms with E-state index < -0.39 is 0 Å². The molecule has 1 aliphatic rings. The number of nitrogens with one attached hydrogen (secondary N) is 2. The fourth-order valence-corrected chi connectivity index (χ4v) is 1.22. The van der Waals surface area contributed by atoms with E-state index in [2.05, 4.69) is 5.32 Å². The van der Waals surface area contributed by atoms with E-state index in [4.69, 9.17) is 17.6 Å². The number of rotatable bonds is 0. The maximum absolute atomic E-state index is 6.99. The van der Waals surface area contributed by atoms with E-state index in [1.165, 1.54) is 11.8 Å². The van der Waals surface area contributed by atoms with E-state index in [0.717, 1.165) is 4.32 Å². The van der Waals surface area contributed by atoms with Crippen molar-refractivity contribution < 1.29 is 0 Å². The van der Waals surface area contributed by atoms with Crippen molar-refractivity contribution in [2.75, 3.05) is 6.54 Å². The summed E-state index contributed by atoms with van der Waals surface area (Å²) in [6, 6.07) is 0. The van der Waals surface area contributed by atoms with Crippen LogP contribution in [-0.4, -0.2) is 15.9 Å². The standard InChI is InChI=1S/C3H4N2S2/c4-2-1-5-3(6)7-2/h4H,1H2,(H,5,6). The molecule has 1 saturated heterocycles. The first-order chi connectivity index (χ1) is 3.29. The smallest absolute Gasteiger partial charge is 0.140 e. The lowest BCUT2D eigenvalue weighted by atomic mass is 10.7. The van der Waals surface area contributed by atoms with Crippen molar-refractivity contribution in [1.29, 1.82) is 5.41 Å². The molecule has 38 valence electrons. The van der Waals surface area contributed by atoms with E-state index in [1.54, 1.807) is 0 Å². The van der Waals surface area contributed by atoms with Crippen molar-refractivity contribution in [2.45, 2.75) is 0 Å². The molecule has 0 amide bonds. The van der Waals surface area contributed by atoms with Gasteiger partial charge in [-0.3, -0.25) is 5.41 Å². The molecule has 0 radical (unpaired) electrons. The molecule has 1 heterocycles. The largest absolute Gasteiger partial charge is 0.364 e. The zero-order valence-electron chi connectivity index (χ0n) is 3.52. The van der Waals surface area contributed by atoms with E-state index >= 15 is 0 Å². The predicted molar refractivity (Wildman–Crippen MR) is 35.9 cm³/mol. The van der Waals surface area contributed by atoms with Crippen LogP contribution in [0.15, 0.2) is 0 Å². The van der Waals surface area contributed by atoms with Crippen LogP contribution in [0.4, 0.5) is 0 Å². The van der Waals surface area contributed by atoms with Crippen molar-refractivity contribution >= 4 is 33.3 Å². The lowest BCUT2D eigenvalue weighted by molar-refractivity contribution is 1.14. The molecule has 0 aromatic heterocycles. The number of thiocarbonyl (C=S) groups is 1. The van der Waals surface area contributed by atoms with Crippen molar-refractivity contribution in [3.63, 3.8) is 0 Å². The summed E-state index contributed by atoms with van der Waals surface area (Å²) in [7, 11) is 0. The summed E-state index contributed by atoms with van der Waals surface area (Å²) in [6.45, 7) is 0.628. The van der Waals surface area contributed by atoms with Crippen molar-refractivity contribution in [3.05, 3.63) is 0 Å². The van der Waals surface area contributed by atoms with Crippen LogP contribution in [0.5, 0.6) is 0 Å². The lowest BCUT2D eigenvalue weighted by Crippen LogP contribution is -2.11. The molecule has 2 N–H and O–H groups in total. The fraction of sp³-hybridized carbons (Fsp3) is 0.333. The van der Waals surface area contributed by atoms with Crippen molar-refractivity contribution in [2.24, 2.45) is 0 Å². The van der Waals surface area contributed by atoms with Gasteiger partial charge in [-0.05, 0) is 11.8 Å². The maximum Gasteiger partial charge on any atom is 0.140 e. The van der Waals surface area contributed by atoms with E-state index in [0.29, 0.717) is 11.6 Å². The molecule has 1 aliphatic heterocycles. The predicted octanol–water partition coefficient (Wildman–Crippen LogP) is 0.585. The van der Waals surface area contributed by atoms with Gasteiger partial charge in [0.15, 0.2) is 0 Å². The van der Waals surface area contributed by atoms with Crippen LogP contribution in [-0.2, 0) is 0 Å². The number of thioether (sulfide) groups is 1. The van der Waals surface area contributed by atoms with Crippen LogP contribution in [0.1, 0.15) is 0 Å². The van der Waals surface area contributed by atoms with Crippen LogP contribution in [0.3, 0.4) is 0 Å². The first-order valence-electron chi connectivity index (χ1n) is 1.82. The molecule has 0 aromatic rings. The lowest BCUT2D eigenvalue weighted by Gasteiger charge is -1.81. The molecule has 0 saturated carbocycles. The van der Waals surface area contributed by atoms with Gasteiger partial charge in [0.2, 0.25) is 0 Å². The summed E-state index contributed by atoms with van der Waals surface area (Å²) in [6.07, 6.45) is 0. The van der Waals surface area contributed by atoms with Gasteiger partial charge in [-0.15, -0.1) is 0 Å². The minimum atomic E-state index is 0.616. The van der Waals surface area contributed by atoms with Crippen LogP contribution in [0.25, 0.3) is 0 Å². The molecule has 0 unspecified atom stereocenters. The second-order valence-electron chi connectivity index (χ2n) is 1.17. The van der Waals surface area contributed by atoms with Crippen LogP contribution in [0, 0.1) is 5.41 Å². The Labute approximate surface area is 51.2 Å². The SMILES string of the molecule is N=C1CNC(=S)S1. The molecule has 0 atom stereocenters. The third-order valence-corrected chi connectivity index (χ3v) is 1.72. The van der Waals surface area contributed by atoms with Gasteiger partial charge in [0.1, 0.15) is 4.32 Å². The molecule has 7 heavy (non-hydrogen) atoms. The highest BCUT2D eigenvalue weighted by Crippen LogP contribution is 2.08. The quantitative estimate of drug-likeness (QED) is 0.473. The zero-order valence-corrected chi connectivity index (χ0v) is 5.16. The van der Waals surface area contributed by atoms with E-state index in [-0.39, 0.29) is 0 Å². The third-order valence-electron chi connectivity index (χ3n) is 0.609. The Morgan fingerprint density at radius 2 is 2.57 bits per heavy atom. The second-order valence-corrected chi connectivity index (χ2v) is 2.94. The molecular weight excluding hydrogens is 128 g/mol. The fourth-order valence-electron chi connectivity index (χ4n) is 0.337. The first-order valence-corrected chi connectivity index (χ1v) is 3.04. The van der Waals surface area contributed by atoms with Gasteiger partial charge in [0, 0.05) is 0 Å². The minimum absolute atomic E-state index is 0.616. The molecule has 1 fully saturated rings. The normalized spacial score (nSPS) is 20.0. The summed E-state index contributed by atoms with van der Waals surface area (Å²) >= 11 is 6.03. The summed E-state index contributed by atoms with van der Waals surface area (Å²) in [5.41, 5.74) is 0. The van der Waals surface area contributed by atoms with Crippen molar-refractivity contribution in [3.8, 4) is 0 Å². The Morgan fingerprint density at radius 3 is 2.71 bits per heavy atom. The molecule has 1 rings (SSSR count). The summed E-state index contributed by atoms with van der Waals surface area (Å²) in [4.78, 5) is 0. The number of hydrogen-bond acceptors (Lipinski definition) is 3. The van der Waals surface area contributed by atoms with E-state index in [1.807, 2.05) is 0 Å². The van der Waals surface area contributed by atoms with Gasteiger partial charge in [-0.2, -0.15) is 0 Å². The zero-order chi connectivity index (χ0) is 5.28. The Kier molecular flexibility index (Phi) is 1.30. The Balaban J connectivity index is 2.55. The molecule has 4 heteroatoms. The molecule has 0 spiro atoms. The third kappa shape index (κ3) is 1.14. The average molecular weight is 132 g/mol. The summed E-state index contributed by atoms with van der Waals surface area (Å²) in [5.74, 6) is 0. The van der Waals surface area contributed by atoms with Crippen LogP contribution < -0.4 is 5.32 Å². The molecule has 0 aliphatic carbocycles. The Bertz CT molecular complexity index is 106. The van der Waals surface area contributed by atoms with Crippen LogP contribution in [0.2, 0.25) is 0 Å². The first kappa shape index (κ1) is 5.05. The number of hydrogen-bond donors (Lipinski definition) is 2. The molecular formula is C3H4N2S2. The highest BCUT2D eigenvalue weighted by molar-refractivity contribution is 8.33. The van der Waals surface area contributed by atoms with Gasteiger partial charge < -0.3 is 5.32 Å². The summed E-state index contributed by atoms with van der Waals surface area (Å²) < 4.78 is 0.727. The highest BCUT2D eigenvalue weighted by Gasteiger charge is 2.09.